The highest BCUT2D eigenvalue weighted by molar-refractivity contribution is 7.17. The molecule has 2 aromatic heterocycles. The van der Waals surface area contributed by atoms with Gasteiger partial charge in [0.2, 0.25) is 0 Å². The Morgan fingerprint density at radius 2 is 2.09 bits per heavy atom. The Bertz CT molecular complexity index is 810. The van der Waals surface area contributed by atoms with Gasteiger partial charge in [0, 0.05) is 10.4 Å². The van der Waals surface area contributed by atoms with Crippen LogP contribution in [-0.4, -0.2) is 22.3 Å². The molecule has 0 aliphatic carbocycles. The number of nitrogens with one attached hydrogen (secondary N) is 2. The predicted octanol–water partition coefficient (Wildman–Crippen LogP) is 3.56. The zero-order chi connectivity index (χ0) is 15.4. The Morgan fingerprint density at radius 1 is 1.27 bits per heavy atom. The van der Waals surface area contributed by atoms with E-state index in [1.165, 1.54) is 11.3 Å². The molecule has 0 fully saturated rings. The molecule has 0 unspecified atom stereocenters. The van der Waals surface area contributed by atoms with Crippen molar-refractivity contribution in [2.75, 3.05) is 0 Å². The van der Waals surface area contributed by atoms with Gasteiger partial charge in [0.05, 0.1) is 16.2 Å². The van der Waals surface area contributed by atoms with E-state index in [0.717, 1.165) is 10.4 Å². The van der Waals surface area contributed by atoms with Gasteiger partial charge in [0.1, 0.15) is 5.69 Å². The number of benzene rings is 1. The SMILES string of the molecule is O=C(NN=Cc1ccc(Cl)s1)c1cc(-c2ccccc2)n[nH]1. The lowest BCUT2D eigenvalue weighted by atomic mass is 10.1. The molecule has 0 radical (unpaired) electrons. The summed E-state index contributed by atoms with van der Waals surface area (Å²) < 4.78 is 0.675. The van der Waals surface area contributed by atoms with Crippen molar-refractivity contribution in [2.45, 2.75) is 0 Å². The van der Waals surface area contributed by atoms with Crippen molar-refractivity contribution < 1.29 is 4.79 Å². The molecule has 3 rings (SSSR count). The largest absolute Gasteiger partial charge is 0.289 e. The number of hydrogen-bond donors (Lipinski definition) is 2. The van der Waals surface area contributed by atoms with Crippen LogP contribution in [0.3, 0.4) is 0 Å². The van der Waals surface area contributed by atoms with Gasteiger partial charge in [-0.1, -0.05) is 41.9 Å². The third-order valence-corrected chi connectivity index (χ3v) is 4.01. The van der Waals surface area contributed by atoms with Crippen molar-refractivity contribution in [2.24, 2.45) is 5.10 Å². The summed E-state index contributed by atoms with van der Waals surface area (Å²) in [5.41, 5.74) is 4.44. The summed E-state index contributed by atoms with van der Waals surface area (Å²) in [4.78, 5) is 12.8. The molecular weight excluding hydrogens is 320 g/mol. The molecule has 2 heterocycles. The minimum atomic E-state index is -0.353. The van der Waals surface area contributed by atoms with Crippen LogP contribution in [0.2, 0.25) is 4.34 Å². The van der Waals surface area contributed by atoms with Gasteiger partial charge >= 0.3 is 0 Å². The normalized spacial score (nSPS) is 11.0. The maximum atomic E-state index is 12.0. The zero-order valence-electron chi connectivity index (χ0n) is 11.3. The molecule has 110 valence electrons. The highest BCUT2D eigenvalue weighted by atomic mass is 35.5. The van der Waals surface area contributed by atoms with Crippen molar-refractivity contribution in [3.63, 3.8) is 0 Å². The van der Waals surface area contributed by atoms with Crippen LogP contribution in [0.4, 0.5) is 0 Å². The van der Waals surface area contributed by atoms with E-state index in [2.05, 4.69) is 20.7 Å². The van der Waals surface area contributed by atoms with Crippen molar-refractivity contribution in [1.29, 1.82) is 0 Å². The Balaban J connectivity index is 1.66. The van der Waals surface area contributed by atoms with Crippen LogP contribution in [0, 0.1) is 0 Å². The maximum absolute atomic E-state index is 12.0. The number of rotatable bonds is 4. The monoisotopic (exact) mass is 330 g/mol. The average Bonchev–Trinajstić information content (AvgIpc) is 3.17. The molecule has 2 N–H and O–H groups in total. The third kappa shape index (κ3) is 3.41. The molecule has 0 atom stereocenters. The highest BCUT2D eigenvalue weighted by Crippen LogP contribution is 2.19. The number of H-pyrrole nitrogens is 1. The number of nitrogens with zero attached hydrogens (tertiary/aromatic N) is 2. The van der Waals surface area contributed by atoms with Crippen LogP contribution in [-0.2, 0) is 0 Å². The lowest BCUT2D eigenvalue weighted by Gasteiger charge is -1.94. The Labute approximate surface area is 135 Å². The zero-order valence-corrected chi connectivity index (χ0v) is 12.9. The first-order valence-corrected chi connectivity index (χ1v) is 7.61. The fourth-order valence-corrected chi connectivity index (χ4v) is 2.74. The highest BCUT2D eigenvalue weighted by Gasteiger charge is 2.09. The molecule has 1 aromatic carbocycles. The first-order chi connectivity index (χ1) is 10.7. The second kappa shape index (κ2) is 6.55. The number of hydrazone groups is 1. The van der Waals surface area contributed by atoms with Gasteiger partial charge in [-0.05, 0) is 18.2 Å². The van der Waals surface area contributed by atoms with Crippen LogP contribution < -0.4 is 5.43 Å². The van der Waals surface area contributed by atoms with E-state index >= 15 is 0 Å². The van der Waals surface area contributed by atoms with E-state index in [1.807, 2.05) is 36.4 Å². The van der Waals surface area contributed by atoms with Gasteiger partial charge < -0.3 is 0 Å². The molecule has 0 saturated carbocycles. The van der Waals surface area contributed by atoms with Gasteiger partial charge in [-0.3, -0.25) is 9.89 Å². The molecular formula is C15H11ClN4OS. The molecule has 5 nitrogen and oxygen atoms in total. The lowest BCUT2D eigenvalue weighted by molar-refractivity contribution is 0.0950. The van der Waals surface area contributed by atoms with Crippen molar-refractivity contribution in [3.8, 4) is 11.3 Å². The quantitative estimate of drug-likeness (QED) is 0.567. The van der Waals surface area contributed by atoms with Gasteiger partial charge in [-0.25, -0.2) is 5.43 Å². The van der Waals surface area contributed by atoms with Crippen LogP contribution in [0.1, 0.15) is 15.4 Å². The van der Waals surface area contributed by atoms with Gasteiger partial charge in [0.15, 0.2) is 0 Å². The van der Waals surface area contributed by atoms with Crippen molar-refractivity contribution in [3.05, 3.63) is 63.4 Å². The Morgan fingerprint density at radius 3 is 2.82 bits per heavy atom. The van der Waals surface area contributed by atoms with Crippen molar-refractivity contribution >= 4 is 35.1 Å². The van der Waals surface area contributed by atoms with E-state index < -0.39 is 0 Å². The lowest BCUT2D eigenvalue weighted by Crippen LogP contribution is -2.17. The number of carbonyl (C=O) groups is 1. The van der Waals surface area contributed by atoms with Crippen LogP contribution in [0.5, 0.6) is 0 Å². The van der Waals surface area contributed by atoms with Gasteiger partial charge in [0.25, 0.3) is 5.91 Å². The number of amides is 1. The summed E-state index contributed by atoms with van der Waals surface area (Å²) in [6, 6.07) is 14.9. The molecule has 0 aliphatic rings. The topological polar surface area (TPSA) is 70.1 Å². The van der Waals surface area contributed by atoms with E-state index in [-0.39, 0.29) is 5.91 Å². The second-order valence-corrected chi connectivity index (χ2v) is 6.12. The minimum absolute atomic E-state index is 0.347. The number of hydrogen-bond acceptors (Lipinski definition) is 4. The van der Waals surface area contributed by atoms with Crippen LogP contribution in [0.25, 0.3) is 11.3 Å². The molecule has 1 amide bonds. The average molecular weight is 331 g/mol. The number of carbonyl (C=O) groups excluding carboxylic acids is 1. The number of halogens is 1. The van der Waals surface area contributed by atoms with E-state index in [0.29, 0.717) is 15.7 Å². The standard InChI is InChI=1S/C15H11ClN4OS/c16-14-7-6-11(22-14)9-17-20-15(21)13-8-12(18-19-13)10-4-2-1-3-5-10/h1-9H,(H,18,19)(H,20,21). The summed E-state index contributed by atoms with van der Waals surface area (Å²) in [5, 5.41) is 10.7. The third-order valence-electron chi connectivity index (χ3n) is 2.84. The van der Waals surface area contributed by atoms with E-state index in [4.69, 9.17) is 11.6 Å². The number of aromatic amines is 1. The molecule has 0 saturated heterocycles. The molecule has 7 heteroatoms. The van der Waals surface area contributed by atoms with Crippen LogP contribution in [0.15, 0.2) is 53.6 Å². The minimum Gasteiger partial charge on any atom is -0.272 e. The number of aromatic nitrogens is 2. The Kier molecular flexibility index (Phi) is 4.32. The molecule has 22 heavy (non-hydrogen) atoms. The van der Waals surface area contributed by atoms with Crippen molar-refractivity contribution in [1.82, 2.24) is 15.6 Å². The van der Waals surface area contributed by atoms with E-state index in [1.54, 1.807) is 18.3 Å². The maximum Gasteiger partial charge on any atom is 0.289 e. The summed E-state index contributed by atoms with van der Waals surface area (Å²) in [6.45, 7) is 0. The molecule has 0 spiro atoms. The molecule has 3 aromatic rings. The first-order valence-electron chi connectivity index (χ1n) is 6.42. The summed E-state index contributed by atoms with van der Waals surface area (Å²) in [5.74, 6) is -0.353. The molecule has 0 aliphatic heterocycles. The smallest absolute Gasteiger partial charge is 0.272 e. The fourth-order valence-electron chi connectivity index (χ4n) is 1.81. The Hall–Kier alpha value is -2.44. The summed E-state index contributed by atoms with van der Waals surface area (Å²) in [7, 11) is 0. The van der Waals surface area contributed by atoms with E-state index in [9.17, 15) is 4.79 Å². The second-order valence-electron chi connectivity index (χ2n) is 4.37. The van der Waals surface area contributed by atoms with Gasteiger partial charge in [-0.2, -0.15) is 10.2 Å². The predicted molar refractivity (Wildman–Crippen MR) is 88.4 cm³/mol. The van der Waals surface area contributed by atoms with Crippen LogP contribution >= 0.6 is 22.9 Å². The first kappa shape index (κ1) is 14.5. The molecule has 0 bridgehead atoms. The fraction of sp³-hybridized carbons (Fsp3) is 0. The summed E-state index contributed by atoms with van der Waals surface area (Å²) >= 11 is 7.20. The number of thiophene rings is 1. The summed E-state index contributed by atoms with van der Waals surface area (Å²) in [6.07, 6.45) is 1.54. The van der Waals surface area contributed by atoms with Gasteiger partial charge in [-0.15, -0.1) is 11.3 Å².